The second-order valence-electron chi connectivity index (χ2n) is 4.68. The zero-order valence-electron chi connectivity index (χ0n) is 11.5. The third-order valence-corrected chi connectivity index (χ3v) is 5.23. The number of aryl methyl sites for hydroxylation is 1. The van der Waals surface area contributed by atoms with Crippen molar-refractivity contribution < 1.29 is 13.5 Å². The zero-order chi connectivity index (χ0) is 15.5. The fourth-order valence-corrected chi connectivity index (χ4v) is 4.01. The van der Waals surface area contributed by atoms with Crippen LogP contribution in [0.2, 0.25) is 0 Å². The van der Waals surface area contributed by atoms with E-state index in [1.165, 1.54) is 0 Å². The highest BCUT2D eigenvalue weighted by Crippen LogP contribution is 2.23. The van der Waals surface area contributed by atoms with Crippen LogP contribution in [0.5, 0.6) is 0 Å². The molecule has 0 bridgehead atoms. The van der Waals surface area contributed by atoms with Crippen LogP contribution < -0.4 is 4.72 Å². The minimum atomic E-state index is -3.71. The van der Waals surface area contributed by atoms with Gasteiger partial charge in [0.1, 0.15) is 0 Å². The highest BCUT2D eigenvalue weighted by atomic mass is 79.9. The summed E-state index contributed by atoms with van der Waals surface area (Å²) in [6.45, 7) is 1.42. The summed E-state index contributed by atoms with van der Waals surface area (Å²) in [6.07, 6.45) is 0. The summed E-state index contributed by atoms with van der Waals surface area (Å²) >= 11 is 3.28. The monoisotopic (exact) mass is 369 g/mol. The first kappa shape index (κ1) is 16.2. The minimum absolute atomic E-state index is 0.200. The van der Waals surface area contributed by atoms with Crippen molar-refractivity contribution >= 4 is 26.0 Å². The Morgan fingerprint density at radius 3 is 2.48 bits per heavy atom. The van der Waals surface area contributed by atoms with E-state index >= 15 is 0 Å². The van der Waals surface area contributed by atoms with Crippen molar-refractivity contribution in [1.82, 2.24) is 4.72 Å². The number of sulfonamides is 1. The molecule has 0 spiro atoms. The van der Waals surface area contributed by atoms with Crippen molar-refractivity contribution in [1.29, 1.82) is 0 Å². The lowest BCUT2D eigenvalue weighted by molar-refractivity contribution is 0.259. The van der Waals surface area contributed by atoms with Crippen LogP contribution in [0.4, 0.5) is 0 Å². The molecular formula is C15H16BrNO3S. The van der Waals surface area contributed by atoms with Crippen molar-refractivity contribution in [3.8, 4) is 0 Å². The van der Waals surface area contributed by atoms with Crippen molar-refractivity contribution in [3.63, 3.8) is 0 Å². The quantitative estimate of drug-likeness (QED) is 0.851. The van der Waals surface area contributed by atoms with Gasteiger partial charge in [-0.2, -0.15) is 0 Å². The van der Waals surface area contributed by atoms with Gasteiger partial charge in [0.25, 0.3) is 0 Å². The Morgan fingerprint density at radius 2 is 1.86 bits per heavy atom. The summed E-state index contributed by atoms with van der Waals surface area (Å²) in [6, 6.07) is 13.4. The Morgan fingerprint density at radius 1 is 1.19 bits per heavy atom. The molecule has 6 heteroatoms. The fraction of sp³-hybridized carbons (Fsp3) is 0.200. The molecular weight excluding hydrogens is 354 g/mol. The van der Waals surface area contributed by atoms with E-state index in [9.17, 15) is 13.5 Å². The number of aliphatic hydroxyl groups excluding tert-OH is 1. The van der Waals surface area contributed by atoms with Gasteiger partial charge >= 0.3 is 0 Å². The van der Waals surface area contributed by atoms with Crippen LogP contribution in [0.1, 0.15) is 17.2 Å². The topological polar surface area (TPSA) is 66.4 Å². The second-order valence-corrected chi connectivity index (χ2v) is 7.28. The molecule has 1 unspecified atom stereocenters. The minimum Gasteiger partial charge on any atom is -0.394 e. The molecule has 0 saturated heterocycles. The number of hydrogen-bond acceptors (Lipinski definition) is 3. The Bertz CT molecular complexity index is 717. The predicted molar refractivity (Wildman–Crippen MR) is 85.5 cm³/mol. The van der Waals surface area contributed by atoms with E-state index in [0.29, 0.717) is 10.0 Å². The number of nitrogens with one attached hydrogen (secondary N) is 1. The molecule has 2 aromatic rings. The van der Waals surface area contributed by atoms with Crippen molar-refractivity contribution in [2.75, 3.05) is 6.61 Å². The Labute approximate surface area is 133 Å². The largest absolute Gasteiger partial charge is 0.394 e. The summed E-state index contributed by atoms with van der Waals surface area (Å²) in [5.74, 6) is 0. The van der Waals surface area contributed by atoms with E-state index in [1.54, 1.807) is 49.4 Å². The molecule has 0 aliphatic heterocycles. The van der Waals surface area contributed by atoms with Gasteiger partial charge in [-0.1, -0.05) is 52.3 Å². The molecule has 0 aliphatic carbocycles. The van der Waals surface area contributed by atoms with Gasteiger partial charge in [-0.05, 0) is 30.2 Å². The molecule has 0 aliphatic rings. The normalized spacial score (nSPS) is 13.1. The maximum absolute atomic E-state index is 12.5. The Hall–Kier alpha value is -1.21. The van der Waals surface area contributed by atoms with E-state index in [4.69, 9.17) is 0 Å². The van der Waals surface area contributed by atoms with Gasteiger partial charge in [0, 0.05) is 4.47 Å². The lowest BCUT2D eigenvalue weighted by Gasteiger charge is -2.18. The van der Waals surface area contributed by atoms with Crippen LogP contribution in [0.25, 0.3) is 0 Å². The first-order valence-corrected chi connectivity index (χ1v) is 8.66. The summed E-state index contributed by atoms with van der Waals surface area (Å²) < 4.78 is 28.2. The maximum atomic E-state index is 12.5. The van der Waals surface area contributed by atoms with Crippen molar-refractivity contribution in [2.45, 2.75) is 17.9 Å². The number of hydrogen-bond donors (Lipinski definition) is 2. The molecule has 0 saturated carbocycles. The highest BCUT2D eigenvalue weighted by Gasteiger charge is 2.22. The van der Waals surface area contributed by atoms with Gasteiger partial charge in [0.15, 0.2) is 0 Å². The Kier molecular flexibility index (Phi) is 5.16. The van der Waals surface area contributed by atoms with Gasteiger partial charge in [-0.15, -0.1) is 0 Å². The molecule has 4 nitrogen and oxygen atoms in total. The molecule has 1 atom stereocenters. The lowest BCUT2D eigenvalue weighted by Crippen LogP contribution is -2.31. The molecule has 0 heterocycles. The number of rotatable bonds is 5. The second kappa shape index (κ2) is 6.70. The molecule has 0 aromatic heterocycles. The van der Waals surface area contributed by atoms with Crippen LogP contribution >= 0.6 is 15.9 Å². The molecule has 21 heavy (non-hydrogen) atoms. The standard InChI is InChI=1S/C15H16BrNO3S/c1-11-7-8-13(16)9-15(11)21(19,20)17-14(10-18)12-5-3-2-4-6-12/h2-9,14,17-18H,10H2,1H3. The summed E-state index contributed by atoms with van der Waals surface area (Å²) in [5, 5.41) is 9.48. The molecule has 0 radical (unpaired) electrons. The van der Waals surface area contributed by atoms with E-state index in [0.717, 1.165) is 5.56 Å². The van der Waals surface area contributed by atoms with Crippen LogP contribution in [0.3, 0.4) is 0 Å². The summed E-state index contributed by atoms with van der Waals surface area (Å²) in [5.41, 5.74) is 1.37. The van der Waals surface area contributed by atoms with Crippen LogP contribution in [-0.2, 0) is 10.0 Å². The van der Waals surface area contributed by atoms with E-state index < -0.39 is 16.1 Å². The first-order valence-electron chi connectivity index (χ1n) is 6.38. The summed E-state index contributed by atoms with van der Waals surface area (Å²) in [7, 11) is -3.71. The van der Waals surface area contributed by atoms with Crippen LogP contribution in [-0.4, -0.2) is 20.1 Å². The molecule has 0 fully saturated rings. The number of aliphatic hydroxyl groups is 1. The molecule has 2 aromatic carbocycles. The van der Waals surface area contributed by atoms with Crippen molar-refractivity contribution in [3.05, 3.63) is 64.1 Å². The van der Waals surface area contributed by atoms with Gasteiger partial charge in [0.05, 0.1) is 17.5 Å². The zero-order valence-corrected chi connectivity index (χ0v) is 13.9. The van der Waals surface area contributed by atoms with Gasteiger partial charge in [-0.25, -0.2) is 13.1 Å². The smallest absolute Gasteiger partial charge is 0.241 e. The maximum Gasteiger partial charge on any atom is 0.241 e. The third kappa shape index (κ3) is 3.91. The SMILES string of the molecule is Cc1ccc(Br)cc1S(=O)(=O)NC(CO)c1ccccc1. The average molecular weight is 370 g/mol. The van der Waals surface area contributed by atoms with E-state index in [1.807, 2.05) is 6.07 Å². The molecule has 2 rings (SSSR count). The van der Waals surface area contributed by atoms with Crippen LogP contribution in [0, 0.1) is 6.92 Å². The van der Waals surface area contributed by atoms with Gasteiger partial charge in [-0.3, -0.25) is 0 Å². The highest BCUT2D eigenvalue weighted by molar-refractivity contribution is 9.10. The van der Waals surface area contributed by atoms with Gasteiger partial charge < -0.3 is 5.11 Å². The molecule has 112 valence electrons. The van der Waals surface area contributed by atoms with E-state index in [2.05, 4.69) is 20.7 Å². The van der Waals surface area contributed by atoms with E-state index in [-0.39, 0.29) is 11.5 Å². The van der Waals surface area contributed by atoms with Gasteiger partial charge in [0.2, 0.25) is 10.0 Å². The molecule has 2 N–H and O–H groups in total. The van der Waals surface area contributed by atoms with Crippen LogP contribution in [0.15, 0.2) is 57.9 Å². The number of benzene rings is 2. The first-order chi connectivity index (χ1) is 9.94. The fourth-order valence-electron chi connectivity index (χ4n) is 2.01. The third-order valence-electron chi connectivity index (χ3n) is 3.12. The number of halogens is 1. The average Bonchev–Trinajstić information content (AvgIpc) is 2.48. The molecule has 0 amide bonds. The lowest BCUT2D eigenvalue weighted by atomic mass is 10.1. The Balaban J connectivity index is 2.34. The van der Waals surface area contributed by atoms with Crippen molar-refractivity contribution in [2.24, 2.45) is 0 Å². The summed E-state index contributed by atoms with van der Waals surface area (Å²) in [4.78, 5) is 0.200. The predicted octanol–water partition coefficient (Wildman–Crippen LogP) is 2.77.